The summed E-state index contributed by atoms with van der Waals surface area (Å²) in [4.78, 5) is 4.96. The number of hydrogen-bond acceptors (Lipinski definition) is 2. The molecule has 68 heavy (non-hydrogen) atoms. The molecule has 0 atom stereocenters. The average molecular weight is 877 g/mol. The van der Waals surface area contributed by atoms with E-state index in [2.05, 4.69) is 259 Å². The predicted octanol–water partition coefficient (Wildman–Crippen LogP) is 17.9. The van der Waals surface area contributed by atoms with Crippen molar-refractivity contribution in [1.82, 2.24) is 0 Å². The standard InChI is InChI=1S/C66H56N2/c1-63(2)58-24-16-12-20-50(58)54-37-43(32-36-59(54)63)67(44-29-33-51-47-17-9-13-21-55(47)64(3,4)60(51)38-44)41-25-27-42(28-26-41)68(45-30-34-52-48-18-10-14-22-56(48)65(5,6)61(52)39-45)46-31-35-53-49-19-11-15-23-57(49)66(7,8)62(53)40-46/h9-40H,1-8H3. The minimum Gasteiger partial charge on any atom is -0.310 e. The number of anilines is 6. The molecule has 9 aromatic rings. The first-order valence-electron chi connectivity index (χ1n) is 24.4. The molecule has 0 spiro atoms. The average Bonchev–Trinajstić information content (AvgIpc) is 3.92. The van der Waals surface area contributed by atoms with Gasteiger partial charge in [-0.15, -0.1) is 0 Å². The summed E-state index contributed by atoms with van der Waals surface area (Å²) in [6, 6.07) is 73.7. The van der Waals surface area contributed by atoms with Crippen molar-refractivity contribution < 1.29 is 0 Å². The zero-order valence-corrected chi connectivity index (χ0v) is 40.4. The molecule has 2 nitrogen and oxygen atoms in total. The van der Waals surface area contributed by atoms with Crippen LogP contribution in [0.4, 0.5) is 34.1 Å². The summed E-state index contributed by atoms with van der Waals surface area (Å²) >= 11 is 0. The second-order valence-corrected chi connectivity index (χ2v) is 21.8. The lowest BCUT2D eigenvalue weighted by Crippen LogP contribution is -2.18. The maximum absolute atomic E-state index is 2.48. The summed E-state index contributed by atoms with van der Waals surface area (Å²) in [5, 5.41) is 0. The summed E-state index contributed by atoms with van der Waals surface area (Å²) in [6.45, 7) is 19.0. The summed E-state index contributed by atoms with van der Waals surface area (Å²) in [5.41, 5.74) is 28.0. The summed E-state index contributed by atoms with van der Waals surface area (Å²) in [6.07, 6.45) is 0. The maximum Gasteiger partial charge on any atom is 0.0468 e. The van der Waals surface area contributed by atoms with E-state index < -0.39 is 0 Å². The Hall–Kier alpha value is -7.42. The number of fused-ring (bicyclic) bond motifs is 12. The van der Waals surface area contributed by atoms with E-state index in [-0.39, 0.29) is 21.7 Å². The second kappa shape index (κ2) is 14.1. The highest BCUT2D eigenvalue weighted by atomic mass is 15.2. The third-order valence-corrected chi connectivity index (χ3v) is 16.7. The van der Waals surface area contributed by atoms with Crippen LogP contribution >= 0.6 is 0 Å². The zero-order chi connectivity index (χ0) is 46.5. The summed E-state index contributed by atoms with van der Waals surface area (Å²) in [5.74, 6) is 0. The molecular weight excluding hydrogens is 821 g/mol. The van der Waals surface area contributed by atoms with Gasteiger partial charge >= 0.3 is 0 Å². The molecule has 9 aromatic carbocycles. The summed E-state index contributed by atoms with van der Waals surface area (Å²) in [7, 11) is 0. The van der Waals surface area contributed by atoms with Crippen molar-refractivity contribution >= 4 is 34.1 Å². The highest BCUT2D eigenvalue weighted by Gasteiger charge is 2.40. The van der Waals surface area contributed by atoms with E-state index in [0.29, 0.717) is 0 Å². The van der Waals surface area contributed by atoms with Gasteiger partial charge in [-0.2, -0.15) is 0 Å². The van der Waals surface area contributed by atoms with Crippen LogP contribution in [0.5, 0.6) is 0 Å². The lowest BCUT2D eigenvalue weighted by atomic mass is 9.82. The Bertz CT molecular complexity index is 3470. The van der Waals surface area contributed by atoms with E-state index in [1.165, 1.54) is 89.0 Å². The molecule has 330 valence electrons. The Kier molecular flexibility index (Phi) is 8.44. The van der Waals surface area contributed by atoms with Crippen LogP contribution < -0.4 is 9.80 Å². The number of nitrogens with zero attached hydrogens (tertiary/aromatic N) is 2. The van der Waals surface area contributed by atoms with Crippen LogP contribution in [-0.4, -0.2) is 0 Å². The van der Waals surface area contributed by atoms with E-state index in [0.717, 1.165) is 34.1 Å². The molecule has 0 saturated carbocycles. The quantitative estimate of drug-likeness (QED) is 0.164. The molecule has 0 saturated heterocycles. The molecule has 0 heterocycles. The van der Waals surface area contributed by atoms with Gasteiger partial charge in [-0.3, -0.25) is 0 Å². The van der Waals surface area contributed by atoms with Crippen LogP contribution in [-0.2, 0) is 21.7 Å². The Morgan fingerprint density at radius 3 is 0.794 bits per heavy atom. The fourth-order valence-corrected chi connectivity index (χ4v) is 13.0. The largest absolute Gasteiger partial charge is 0.310 e. The van der Waals surface area contributed by atoms with E-state index in [1.54, 1.807) is 0 Å². The lowest BCUT2D eigenvalue weighted by molar-refractivity contribution is 0.660. The van der Waals surface area contributed by atoms with Gasteiger partial charge in [0.05, 0.1) is 0 Å². The van der Waals surface area contributed by atoms with Gasteiger partial charge in [0.1, 0.15) is 0 Å². The van der Waals surface area contributed by atoms with Crippen LogP contribution in [0.3, 0.4) is 0 Å². The molecule has 0 radical (unpaired) electrons. The van der Waals surface area contributed by atoms with Crippen molar-refractivity contribution in [3.63, 3.8) is 0 Å². The fraction of sp³-hybridized carbons (Fsp3) is 0.182. The van der Waals surface area contributed by atoms with Crippen molar-refractivity contribution in [1.29, 1.82) is 0 Å². The third-order valence-electron chi connectivity index (χ3n) is 16.7. The van der Waals surface area contributed by atoms with Crippen molar-refractivity contribution in [3.05, 3.63) is 239 Å². The minimum absolute atomic E-state index is 0.0745. The molecule has 0 fully saturated rings. The molecule has 4 aliphatic carbocycles. The minimum atomic E-state index is -0.129. The SMILES string of the molecule is CC1(C)c2ccccc2-c2cc(N(c3ccc(N(c4ccc5c(c4)C(C)(C)c4ccccc4-5)c4ccc5c(c4)C(C)(C)c4ccccc4-5)cc3)c3ccc4c(c3)C(C)(C)c3ccccc3-4)ccc21. The molecule has 2 heteroatoms. The molecule has 4 aliphatic rings. The van der Waals surface area contributed by atoms with Crippen LogP contribution in [0.1, 0.15) is 99.9 Å². The fourth-order valence-electron chi connectivity index (χ4n) is 13.0. The van der Waals surface area contributed by atoms with Crippen molar-refractivity contribution in [2.75, 3.05) is 9.80 Å². The third kappa shape index (κ3) is 5.58. The maximum atomic E-state index is 2.48. The van der Waals surface area contributed by atoms with Gasteiger partial charge in [-0.25, -0.2) is 0 Å². The monoisotopic (exact) mass is 876 g/mol. The first-order valence-corrected chi connectivity index (χ1v) is 24.4. The molecular formula is C66H56N2. The molecule has 0 aliphatic heterocycles. The van der Waals surface area contributed by atoms with Crippen molar-refractivity contribution in [2.24, 2.45) is 0 Å². The highest BCUT2D eigenvalue weighted by Crippen LogP contribution is 2.56. The van der Waals surface area contributed by atoms with E-state index in [9.17, 15) is 0 Å². The van der Waals surface area contributed by atoms with Gasteiger partial charge in [0.15, 0.2) is 0 Å². The zero-order valence-electron chi connectivity index (χ0n) is 40.4. The van der Waals surface area contributed by atoms with Gasteiger partial charge in [0, 0.05) is 55.8 Å². The molecule has 0 N–H and O–H groups in total. The predicted molar refractivity (Wildman–Crippen MR) is 286 cm³/mol. The van der Waals surface area contributed by atoms with Gasteiger partial charge in [0.25, 0.3) is 0 Å². The van der Waals surface area contributed by atoms with E-state index >= 15 is 0 Å². The van der Waals surface area contributed by atoms with Gasteiger partial charge in [0.2, 0.25) is 0 Å². The highest BCUT2D eigenvalue weighted by molar-refractivity contribution is 5.92. The molecule has 0 unspecified atom stereocenters. The van der Waals surface area contributed by atoms with Crippen LogP contribution in [0.25, 0.3) is 44.5 Å². The Labute approximate surface area is 402 Å². The van der Waals surface area contributed by atoms with Gasteiger partial charge in [-0.05, 0) is 162 Å². The topological polar surface area (TPSA) is 6.48 Å². The smallest absolute Gasteiger partial charge is 0.0468 e. The number of benzene rings is 9. The van der Waals surface area contributed by atoms with Crippen LogP contribution in [0.2, 0.25) is 0 Å². The van der Waals surface area contributed by atoms with E-state index in [1.807, 2.05) is 0 Å². The Balaban J connectivity index is 0.977. The number of rotatable bonds is 6. The molecule has 0 aromatic heterocycles. The molecule has 0 bridgehead atoms. The van der Waals surface area contributed by atoms with Crippen molar-refractivity contribution in [3.8, 4) is 44.5 Å². The Morgan fingerprint density at radius 2 is 0.441 bits per heavy atom. The van der Waals surface area contributed by atoms with Gasteiger partial charge in [-0.1, -0.05) is 177 Å². The van der Waals surface area contributed by atoms with Crippen molar-refractivity contribution in [2.45, 2.75) is 77.0 Å². The Morgan fingerprint density at radius 1 is 0.206 bits per heavy atom. The molecule has 0 amide bonds. The summed E-state index contributed by atoms with van der Waals surface area (Å²) < 4.78 is 0. The number of hydrogen-bond donors (Lipinski definition) is 0. The second-order valence-electron chi connectivity index (χ2n) is 21.8. The first-order chi connectivity index (χ1) is 32.7. The lowest BCUT2D eigenvalue weighted by Gasteiger charge is -2.31. The molecule has 13 rings (SSSR count). The first kappa shape index (κ1) is 40.8. The van der Waals surface area contributed by atoms with Crippen LogP contribution in [0, 0.1) is 0 Å². The van der Waals surface area contributed by atoms with Crippen LogP contribution in [0.15, 0.2) is 194 Å². The normalized spacial score (nSPS) is 16.1. The van der Waals surface area contributed by atoms with Gasteiger partial charge < -0.3 is 9.80 Å². The van der Waals surface area contributed by atoms with E-state index in [4.69, 9.17) is 0 Å².